The van der Waals surface area contributed by atoms with Gasteiger partial charge in [-0.1, -0.05) is 11.6 Å². The molecule has 1 aromatic carbocycles. The molecule has 1 aliphatic rings. The van der Waals surface area contributed by atoms with Gasteiger partial charge in [-0.05, 0) is 31.0 Å². The number of amides is 1. The number of nitrogens with zero attached hydrogens (tertiary/aromatic N) is 1. The Balaban J connectivity index is 2.31. The number of aliphatic carboxylic acids is 1. The monoisotopic (exact) mass is 268 g/mol. The molecule has 0 aliphatic carbocycles. The number of carboxylic acids is 1. The van der Waals surface area contributed by atoms with Crippen molar-refractivity contribution in [2.24, 2.45) is 0 Å². The molecule has 5 nitrogen and oxygen atoms in total. The predicted molar refractivity (Wildman–Crippen MR) is 67.6 cm³/mol. The summed E-state index contributed by atoms with van der Waals surface area (Å²) in [5, 5.41) is 9.33. The molecule has 1 aromatic rings. The van der Waals surface area contributed by atoms with Gasteiger partial charge in [-0.15, -0.1) is 0 Å². The largest absolute Gasteiger partial charge is 0.480 e. The maximum Gasteiger partial charge on any atom is 0.326 e. The summed E-state index contributed by atoms with van der Waals surface area (Å²) in [7, 11) is 0. The van der Waals surface area contributed by atoms with E-state index in [2.05, 4.69) is 0 Å². The van der Waals surface area contributed by atoms with Crippen LogP contribution in [0.1, 0.15) is 23.2 Å². The fourth-order valence-corrected chi connectivity index (χ4v) is 2.33. The summed E-state index contributed by atoms with van der Waals surface area (Å²) in [6, 6.07) is 3.84. The smallest absolute Gasteiger partial charge is 0.326 e. The number of rotatable bonds is 2. The van der Waals surface area contributed by atoms with E-state index in [0.717, 1.165) is 0 Å². The van der Waals surface area contributed by atoms with Crippen LogP contribution in [-0.2, 0) is 4.79 Å². The van der Waals surface area contributed by atoms with E-state index in [0.29, 0.717) is 25.1 Å². The Labute approximate surface area is 109 Å². The van der Waals surface area contributed by atoms with E-state index in [4.69, 9.17) is 22.4 Å². The van der Waals surface area contributed by atoms with Gasteiger partial charge in [0.2, 0.25) is 0 Å². The summed E-state index contributed by atoms with van der Waals surface area (Å²) in [4.78, 5) is 24.6. The fraction of sp³-hybridized carbons (Fsp3) is 0.333. The molecule has 1 heterocycles. The van der Waals surface area contributed by atoms with Crippen molar-refractivity contribution < 1.29 is 14.7 Å². The number of likely N-dealkylation sites (tertiary alicyclic amines) is 1. The minimum absolute atomic E-state index is 0.254. The Morgan fingerprint density at radius 3 is 2.83 bits per heavy atom. The molecule has 0 radical (unpaired) electrons. The molecule has 96 valence electrons. The molecule has 1 aliphatic heterocycles. The Morgan fingerprint density at radius 2 is 2.17 bits per heavy atom. The van der Waals surface area contributed by atoms with Gasteiger partial charge >= 0.3 is 5.97 Å². The van der Waals surface area contributed by atoms with Crippen molar-refractivity contribution in [2.45, 2.75) is 18.9 Å². The van der Waals surface area contributed by atoms with E-state index in [-0.39, 0.29) is 16.5 Å². The third kappa shape index (κ3) is 2.26. The lowest BCUT2D eigenvalue weighted by atomic mass is 10.1. The average molecular weight is 269 g/mol. The third-order valence-electron chi connectivity index (χ3n) is 3.02. The number of carbonyl (C=O) groups excluding carboxylic acids is 1. The molecule has 6 heteroatoms. The molecule has 2 rings (SSSR count). The number of nitrogen functional groups attached to an aromatic ring is 1. The lowest BCUT2D eigenvalue weighted by Gasteiger charge is -2.22. The van der Waals surface area contributed by atoms with Crippen LogP contribution in [0.15, 0.2) is 18.2 Å². The first-order chi connectivity index (χ1) is 8.50. The van der Waals surface area contributed by atoms with Gasteiger partial charge in [0.25, 0.3) is 5.91 Å². The Hall–Kier alpha value is -1.75. The highest BCUT2D eigenvalue weighted by Gasteiger charge is 2.35. The third-order valence-corrected chi connectivity index (χ3v) is 3.35. The van der Waals surface area contributed by atoms with Crippen molar-refractivity contribution in [1.29, 1.82) is 0 Å². The normalized spacial score (nSPS) is 18.9. The van der Waals surface area contributed by atoms with Gasteiger partial charge in [0.1, 0.15) is 6.04 Å². The molecule has 1 amide bonds. The first-order valence-corrected chi connectivity index (χ1v) is 5.97. The molecule has 1 unspecified atom stereocenters. The Morgan fingerprint density at radius 1 is 1.44 bits per heavy atom. The van der Waals surface area contributed by atoms with Crippen molar-refractivity contribution in [2.75, 3.05) is 12.3 Å². The zero-order valence-corrected chi connectivity index (χ0v) is 10.4. The van der Waals surface area contributed by atoms with E-state index in [1.165, 1.54) is 17.0 Å². The molecule has 1 atom stereocenters. The van der Waals surface area contributed by atoms with Gasteiger partial charge in [-0.3, -0.25) is 4.79 Å². The van der Waals surface area contributed by atoms with Crippen LogP contribution < -0.4 is 5.73 Å². The van der Waals surface area contributed by atoms with Crippen LogP contribution in [0.5, 0.6) is 0 Å². The number of benzene rings is 1. The van der Waals surface area contributed by atoms with Crippen LogP contribution >= 0.6 is 11.6 Å². The molecule has 3 N–H and O–H groups in total. The average Bonchev–Trinajstić information content (AvgIpc) is 2.80. The van der Waals surface area contributed by atoms with E-state index in [1.54, 1.807) is 6.07 Å². The van der Waals surface area contributed by atoms with Crippen molar-refractivity contribution in [3.05, 3.63) is 28.8 Å². The van der Waals surface area contributed by atoms with Crippen LogP contribution in [0, 0.1) is 0 Å². The van der Waals surface area contributed by atoms with Crippen molar-refractivity contribution in [3.63, 3.8) is 0 Å². The second-order valence-corrected chi connectivity index (χ2v) is 4.64. The lowest BCUT2D eigenvalue weighted by Crippen LogP contribution is -2.40. The van der Waals surface area contributed by atoms with Gasteiger partial charge in [0.15, 0.2) is 0 Å². The summed E-state index contributed by atoms with van der Waals surface area (Å²) < 4.78 is 0. The molecule has 0 aromatic heterocycles. The SMILES string of the molecule is Nc1ccc(Cl)c(C(=O)N2CCCC2C(=O)O)c1. The highest BCUT2D eigenvalue weighted by atomic mass is 35.5. The molecular formula is C12H13ClN2O3. The van der Waals surface area contributed by atoms with Crippen LogP contribution in [0.2, 0.25) is 5.02 Å². The molecule has 1 fully saturated rings. The van der Waals surface area contributed by atoms with Gasteiger partial charge in [0.05, 0.1) is 10.6 Å². The first kappa shape index (κ1) is 12.7. The number of halogens is 1. The Kier molecular flexibility index (Phi) is 3.43. The van der Waals surface area contributed by atoms with E-state index in [1.807, 2.05) is 0 Å². The number of carbonyl (C=O) groups is 2. The van der Waals surface area contributed by atoms with Crippen LogP contribution in [-0.4, -0.2) is 34.5 Å². The predicted octanol–water partition coefficient (Wildman–Crippen LogP) is 1.61. The minimum atomic E-state index is -0.985. The standard InChI is InChI=1S/C12H13ClN2O3/c13-9-4-3-7(14)6-8(9)11(16)15-5-1-2-10(15)12(17)18/h3-4,6,10H,1-2,5,14H2,(H,17,18). The van der Waals surface area contributed by atoms with Gasteiger partial charge in [-0.25, -0.2) is 4.79 Å². The molecule has 1 saturated heterocycles. The summed E-state index contributed by atoms with van der Waals surface area (Å²) in [6.07, 6.45) is 1.16. The van der Waals surface area contributed by atoms with Gasteiger partial charge in [0, 0.05) is 12.2 Å². The van der Waals surface area contributed by atoms with Crippen molar-refractivity contribution >= 4 is 29.2 Å². The lowest BCUT2D eigenvalue weighted by molar-refractivity contribution is -0.141. The molecule has 18 heavy (non-hydrogen) atoms. The molecular weight excluding hydrogens is 256 g/mol. The quantitative estimate of drug-likeness (QED) is 0.798. The maximum absolute atomic E-state index is 12.3. The van der Waals surface area contributed by atoms with Crippen LogP contribution in [0.4, 0.5) is 5.69 Å². The van der Waals surface area contributed by atoms with Crippen molar-refractivity contribution in [1.82, 2.24) is 4.90 Å². The number of carboxylic acid groups (broad SMARTS) is 1. The first-order valence-electron chi connectivity index (χ1n) is 5.59. The summed E-state index contributed by atoms with van der Waals surface area (Å²) in [5.74, 6) is -1.36. The van der Waals surface area contributed by atoms with E-state index < -0.39 is 12.0 Å². The number of nitrogens with two attached hydrogens (primary N) is 1. The number of hydrogen-bond acceptors (Lipinski definition) is 3. The van der Waals surface area contributed by atoms with E-state index in [9.17, 15) is 9.59 Å². The van der Waals surface area contributed by atoms with Crippen molar-refractivity contribution in [3.8, 4) is 0 Å². The second-order valence-electron chi connectivity index (χ2n) is 4.23. The van der Waals surface area contributed by atoms with Crippen LogP contribution in [0.3, 0.4) is 0 Å². The topological polar surface area (TPSA) is 83.6 Å². The number of anilines is 1. The Bertz CT molecular complexity index is 504. The maximum atomic E-state index is 12.3. The highest BCUT2D eigenvalue weighted by molar-refractivity contribution is 6.34. The summed E-state index contributed by atoms with van der Waals surface area (Å²) in [6.45, 7) is 0.431. The zero-order chi connectivity index (χ0) is 13.3. The molecule has 0 spiro atoms. The summed E-state index contributed by atoms with van der Waals surface area (Å²) in [5.41, 5.74) is 6.29. The van der Waals surface area contributed by atoms with Gasteiger partial charge < -0.3 is 15.7 Å². The highest BCUT2D eigenvalue weighted by Crippen LogP contribution is 2.25. The number of hydrogen-bond donors (Lipinski definition) is 2. The van der Waals surface area contributed by atoms with Gasteiger partial charge in [-0.2, -0.15) is 0 Å². The summed E-state index contributed by atoms with van der Waals surface area (Å²) >= 11 is 5.95. The second kappa shape index (κ2) is 4.86. The van der Waals surface area contributed by atoms with E-state index >= 15 is 0 Å². The molecule has 0 bridgehead atoms. The zero-order valence-electron chi connectivity index (χ0n) is 9.60. The van der Waals surface area contributed by atoms with Crippen LogP contribution in [0.25, 0.3) is 0 Å². The minimum Gasteiger partial charge on any atom is -0.480 e. The molecule has 0 saturated carbocycles. The fourth-order valence-electron chi connectivity index (χ4n) is 2.13.